The monoisotopic (exact) mass is 505 g/mol. The summed E-state index contributed by atoms with van der Waals surface area (Å²) in [6.45, 7) is 3.87. The van der Waals surface area contributed by atoms with Gasteiger partial charge in [0.15, 0.2) is 5.65 Å². The Kier molecular flexibility index (Phi) is 6.46. The van der Waals surface area contributed by atoms with E-state index in [1.807, 2.05) is 18.2 Å². The predicted octanol–water partition coefficient (Wildman–Crippen LogP) is 4.65. The Balaban J connectivity index is 1.43. The highest BCUT2D eigenvalue weighted by molar-refractivity contribution is 7.90. The zero-order valence-electron chi connectivity index (χ0n) is 19.8. The maximum atomic E-state index is 13.2. The molecule has 1 aliphatic rings. The third-order valence-electron chi connectivity index (χ3n) is 6.75. The lowest BCUT2D eigenvalue weighted by Crippen LogP contribution is -2.44. The summed E-state index contributed by atoms with van der Waals surface area (Å²) in [6.07, 6.45) is 4.15. The Morgan fingerprint density at radius 2 is 1.78 bits per heavy atom. The number of hydrogen-bond donors (Lipinski definition) is 1. The first-order valence-corrected chi connectivity index (χ1v) is 13.3. The van der Waals surface area contributed by atoms with Gasteiger partial charge in [-0.15, -0.1) is 0 Å². The lowest BCUT2D eigenvalue weighted by molar-refractivity contribution is -0.384. The van der Waals surface area contributed by atoms with E-state index in [1.54, 1.807) is 24.3 Å². The quantitative estimate of drug-likeness (QED) is 0.288. The molecule has 1 N–H and O–H groups in total. The van der Waals surface area contributed by atoms with Gasteiger partial charge in [0.1, 0.15) is 11.9 Å². The molecule has 2 aromatic heterocycles. The van der Waals surface area contributed by atoms with Crippen LogP contribution >= 0.6 is 0 Å². The fourth-order valence-corrected chi connectivity index (χ4v) is 6.17. The van der Waals surface area contributed by atoms with Crippen molar-refractivity contribution in [2.24, 2.45) is 0 Å². The van der Waals surface area contributed by atoms with E-state index in [4.69, 9.17) is 0 Å². The Morgan fingerprint density at radius 3 is 2.44 bits per heavy atom. The van der Waals surface area contributed by atoms with Gasteiger partial charge in [0.2, 0.25) is 0 Å². The van der Waals surface area contributed by atoms with Gasteiger partial charge in [0, 0.05) is 31.4 Å². The second kappa shape index (κ2) is 9.71. The first-order chi connectivity index (χ1) is 17.3. The second-order valence-electron chi connectivity index (χ2n) is 9.11. The Bertz CT molecular complexity index is 1490. The molecule has 0 radical (unpaired) electrons. The number of rotatable bonds is 7. The molecule has 0 unspecified atom stereocenters. The van der Waals surface area contributed by atoms with Crippen LogP contribution in [0.1, 0.15) is 25.3 Å². The van der Waals surface area contributed by atoms with Crippen LogP contribution in [0, 0.1) is 10.1 Å². The Hall–Kier alpha value is -3.76. The zero-order valence-corrected chi connectivity index (χ0v) is 20.6. The van der Waals surface area contributed by atoms with E-state index in [1.165, 1.54) is 23.9 Å². The molecule has 1 aliphatic heterocycles. The fraction of sp³-hybridized carbons (Fsp3) is 0.269. The molecule has 10 heteroatoms. The van der Waals surface area contributed by atoms with Crippen LogP contribution in [-0.2, 0) is 16.6 Å². The van der Waals surface area contributed by atoms with Crippen LogP contribution in [0.15, 0.2) is 84.0 Å². The summed E-state index contributed by atoms with van der Waals surface area (Å²) >= 11 is 0. The summed E-state index contributed by atoms with van der Waals surface area (Å²) < 4.78 is 27.5. The molecule has 3 heterocycles. The molecule has 2 atom stereocenters. The van der Waals surface area contributed by atoms with Crippen LogP contribution in [0.25, 0.3) is 11.0 Å². The largest absolute Gasteiger partial charge is 0.376 e. The first-order valence-electron chi connectivity index (χ1n) is 11.8. The average molecular weight is 506 g/mol. The number of likely N-dealkylation sites (tertiary alicyclic amines) is 1. The number of hydrogen-bond acceptors (Lipinski definition) is 7. The molecular formula is C26H27N5O4S. The van der Waals surface area contributed by atoms with E-state index in [9.17, 15) is 18.5 Å². The van der Waals surface area contributed by atoms with Gasteiger partial charge in [-0.05, 0) is 43.5 Å². The van der Waals surface area contributed by atoms with Crippen molar-refractivity contribution >= 4 is 32.4 Å². The van der Waals surface area contributed by atoms with Gasteiger partial charge >= 0.3 is 5.69 Å². The third-order valence-corrected chi connectivity index (χ3v) is 8.43. The standard InChI is InChI=1S/C26H27N5O4S/c1-19-16-21(12-14-29(19)18-20-8-4-2-5-9-20)28-25-23-13-15-30(26(23)27-17-24(25)31(32)33)36(34,35)22-10-6-3-7-11-22/h2-11,13,15,17,19,21H,12,14,16,18H2,1H3,(H,27,28)/t19-,21+/m1/s1. The molecule has 0 spiro atoms. The minimum atomic E-state index is -3.90. The molecule has 1 saturated heterocycles. The zero-order chi connectivity index (χ0) is 25.3. The summed E-state index contributed by atoms with van der Waals surface area (Å²) in [4.78, 5) is 18.1. The first kappa shape index (κ1) is 24.0. The number of anilines is 1. The van der Waals surface area contributed by atoms with Crippen molar-refractivity contribution < 1.29 is 13.3 Å². The maximum Gasteiger partial charge on any atom is 0.311 e. The van der Waals surface area contributed by atoms with Crippen molar-refractivity contribution in [3.8, 4) is 0 Å². The molecule has 0 saturated carbocycles. The van der Waals surface area contributed by atoms with E-state index >= 15 is 0 Å². The van der Waals surface area contributed by atoms with Gasteiger partial charge in [-0.3, -0.25) is 15.0 Å². The third kappa shape index (κ3) is 4.57. The number of piperidine rings is 1. The van der Waals surface area contributed by atoms with Gasteiger partial charge in [0.25, 0.3) is 10.0 Å². The molecular weight excluding hydrogens is 478 g/mol. The molecule has 1 fully saturated rings. The van der Waals surface area contributed by atoms with Crippen molar-refractivity contribution in [2.75, 3.05) is 11.9 Å². The topological polar surface area (TPSA) is 110 Å². The number of pyridine rings is 1. The number of benzene rings is 2. The predicted molar refractivity (Wildman–Crippen MR) is 138 cm³/mol. The van der Waals surface area contributed by atoms with E-state index < -0.39 is 14.9 Å². The van der Waals surface area contributed by atoms with Crippen LogP contribution in [0.5, 0.6) is 0 Å². The lowest BCUT2D eigenvalue weighted by Gasteiger charge is -2.38. The SMILES string of the molecule is C[C@@H]1C[C@@H](Nc2c([N+](=O)[O-])cnc3c2ccn3S(=O)(=O)c2ccccc2)CCN1Cc1ccccc1. The lowest BCUT2D eigenvalue weighted by atomic mass is 9.97. The molecule has 0 aliphatic carbocycles. The van der Waals surface area contributed by atoms with Crippen molar-refractivity contribution in [1.29, 1.82) is 0 Å². The Labute approximate surface area is 209 Å². The number of nitrogens with zero attached hydrogens (tertiary/aromatic N) is 4. The molecule has 36 heavy (non-hydrogen) atoms. The van der Waals surface area contributed by atoms with Gasteiger partial charge in [-0.1, -0.05) is 48.5 Å². The van der Waals surface area contributed by atoms with Crippen LogP contribution in [0.4, 0.5) is 11.4 Å². The maximum absolute atomic E-state index is 13.2. The number of nitro groups is 1. The van der Waals surface area contributed by atoms with Crippen molar-refractivity contribution in [2.45, 2.75) is 43.3 Å². The minimum Gasteiger partial charge on any atom is -0.376 e. The molecule has 9 nitrogen and oxygen atoms in total. The normalized spacial score (nSPS) is 18.8. The van der Waals surface area contributed by atoms with Crippen LogP contribution < -0.4 is 5.32 Å². The van der Waals surface area contributed by atoms with E-state index in [0.29, 0.717) is 11.1 Å². The molecule has 4 aromatic rings. The number of fused-ring (bicyclic) bond motifs is 1. The molecule has 5 rings (SSSR count). The average Bonchev–Trinajstić information content (AvgIpc) is 3.32. The summed E-state index contributed by atoms with van der Waals surface area (Å²) in [7, 11) is -3.90. The van der Waals surface area contributed by atoms with Crippen LogP contribution in [0.3, 0.4) is 0 Å². The van der Waals surface area contributed by atoms with Crippen LogP contribution in [-0.4, -0.2) is 45.8 Å². The van der Waals surface area contributed by atoms with Gasteiger partial charge in [-0.2, -0.15) is 0 Å². The van der Waals surface area contributed by atoms with Gasteiger partial charge in [0.05, 0.1) is 15.2 Å². The smallest absolute Gasteiger partial charge is 0.311 e. The van der Waals surface area contributed by atoms with Gasteiger partial charge in [-0.25, -0.2) is 17.4 Å². The summed E-state index contributed by atoms with van der Waals surface area (Å²) in [6, 6.07) is 20.2. The number of nitrogens with one attached hydrogen (secondary N) is 1. The van der Waals surface area contributed by atoms with Crippen LogP contribution in [0.2, 0.25) is 0 Å². The summed E-state index contributed by atoms with van der Waals surface area (Å²) in [5, 5.41) is 15.6. The van der Waals surface area contributed by atoms with E-state index in [-0.39, 0.29) is 28.3 Å². The van der Waals surface area contributed by atoms with E-state index in [2.05, 4.69) is 34.3 Å². The molecule has 186 valence electrons. The minimum absolute atomic E-state index is 0.00500. The number of aromatic nitrogens is 2. The highest BCUT2D eigenvalue weighted by Gasteiger charge is 2.30. The molecule has 0 amide bonds. The molecule has 2 aromatic carbocycles. The second-order valence-corrected chi connectivity index (χ2v) is 10.9. The molecule has 0 bridgehead atoms. The highest BCUT2D eigenvalue weighted by atomic mass is 32.2. The highest BCUT2D eigenvalue weighted by Crippen LogP contribution is 2.35. The van der Waals surface area contributed by atoms with Crippen molar-refractivity contribution in [3.63, 3.8) is 0 Å². The Morgan fingerprint density at radius 1 is 1.08 bits per heavy atom. The van der Waals surface area contributed by atoms with E-state index in [0.717, 1.165) is 36.1 Å². The van der Waals surface area contributed by atoms with Crippen molar-refractivity contribution in [1.82, 2.24) is 13.9 Å². The van der Waals surface area contributed by atoms with Crippen molar-refractivity contribution in [3.05, 3.63) is 94.8 Å². The summed E-state index contributed by atoms with van der Waals surface area (Å²) in [5.74, 6) is 0. The fourth-order valence-electron chi connectivity index (χ4n) is 4.85. The van der Waals surface area contributed by atoms with Gasteiger partial charge < -0.3 is 5.32 Å². The summed E-state index contributed by atoms with van der Waals surface area (Å²) in [5.41, 5.74) is 1.54.